The van der Waals surface area contributed by atoms with Crippen molar-refractivity contribution in [3.63, 3.8) is 0 Å². The number of aromatic nitrogens is 4. The highest BCUT2D eigenvalue weighted by atomic mass is 32.2. The molecule has 0 aromatic carbocycles. The first-order valence-electron chi connectivity index (χ1n) is 4.19. The Morgan fingerprint density at radius 2 is 2.25 bits per heavy atom. The van der Waals surface area contributed by atoms with Crippen LogP contribution in [0, 0.1) is 0 Å². The van der Waals surface area contributed by atoms with Crippen molar-refractivity contribution in [2.75, 3.05) is 6.26 Å². The Labute approximate surface area is 95.3 Å². The highest BCUT2D eigenvalue weighted by Gasteiger charge is 2.12. The third kappa shape index (κ3) is 2.10. The van der Waals surface area contributed by atoms with Crippen LogP contribution >= 0.6 is 11.3 Å². The van der Waals surface area contributed by atoms with E-state index in [1.165, 1.54) is 17.1 Å². The summed E-state index contributed by atoms with van der Waals surface area (Å²) in [6, 6.07) is 0. The van der Waals surface area contributed by atoms with Gasteiger partial charge in [0.15, 0.2) is 9.84 Å². The fourth-order valence-corrected chi connectivity index (χ4v) is 2.17. The molecule has 0 amide bonds. The van der Waals surface area contributed by atoms with Crippen molar-refractivity contribution >= 4 is 21.2 Å². The number of hydrogen-bond acceptors (Lipinski definition) is 7. The Hall–Kier alpha value is -1.32. The molecule has 0 atom stereocenters. The molecule has 0 aliphatic rings. The lowest BCUT2D eigenvalue weighted by molar-refractivity contribution is 0.280. The number of aliphatic hydroxyl groups excluding tert-OH is 1. The lowest BCUT2D eigenvalue weighted by atomic mass is 10.7. The van der Waals surface area contributed by atoms with Crippen LogP contribution < -0.4 is 0 Å². The first-order chi connectivity index (χ1) is 7.50. The monoisotopic (exact) mass is 260 g/mol. The Kier molecular flexibility index (Phi) is 2.74. The van der Waals surface area contributed by atoms with Crippen LogP contribution in [-0.2, 0) is 16.4 Å². The van der Waals surface area contributed by atoms with Gasteiger partial charge < -0.3 is 5.11 Å². The van der Waals surface area contributed by atoms with Crippen molar-refractivity contribution < 1.29 is 13.5 Å². The van der Waals surface area contributed by atoms with Gasteiger partial charge in [0.25, 0.3) is 0 Å². The summed E-state index contributed by atoms with van der Waals surface area (Å²) in [6.45, 7) is -0.197. The SMILES string of the molecule is CS(=O)(=O)c1cnn(-c2nnc(CO)s2)c1. The number of hydrogen-bond donors (Lipinski definition) is 1. The van der Waals surface area contributed by atoms with E-state index >= 15 is 0 Å². The van der Waals surface area contributed by atoms with Gasteiger partial charge in [-0.05, 0) is 0 Å². The summed E-state index contributed by atoms with van der Waals surface area (Å²) in [7, 11) is -3.27. The van der Waals surface area contributed by atoms with E-state index < -0.39 is 9.84 Å². The quantitative estimate of drug-likeness (QED) is 0.807. The van der Waals surface area contributed by atoms with Crippen LogP contribution in [0.15, 0.2) is 17.3 Å². The molecule has 0 unspecified atom stereocenters. The Bertz CT molecular complexity index is 601. The van der Waals surface area contributed by atoms with Gasteiger partial charge in [-0.15, -0.1) is 10.2 Å². The topological polar surface area (TPSA) is 98.0 Å². The number of sulfone groups is 1. The van der Waals surface area contributed by atoms with Gasteiger partial charge >= 0.3 is 0 Å². The molecule has 2 rings (SSSR count). The first-order valence-corrected chi connectivity index (χ1v) is 6.90. The zero-order valence-corrected chi connectivity index (χ0v) is 9.86. The minimum Gasteiger partial charge on any atom is -0.389 e. The Morgan fingerprint density at radius 1 is 1.50 bits per heavy atom. The molecule has 9 heteroatoms. The van der Waals surface area contributed by atoms with Gasteiger partial charge in [-0.25, -0.2) is 13.1 Å². The molecular weight excluding hydrogens is 252 g/mol. The second-order valence-electron chi connectivity index (χ2n) is 3.03. The summed E-state index contributed by atoms with van der Waals surface area (Å²) >= 11 is 1.14. The van der Waals surface area contributed by atoms with E-state index in [2.05, 4.69) is 15.3 Å². The van der Waals surface area contributed by atoms with Gasteiger partial charge in [0, 0.05) is 6.26 Å². The maximum absolute atomic E-state index is 11.2. The average Bonchev–Trinajstić information content (AvgIpc) is 2.85. The highest BCUT2D eigenvalue weighted by molar-refractivity contribution is 7.90. The van der Waals surface area contributed by atoms with Gasteiger partial charge in [-0.3, -0.25) is 0 Å². The molecular formula is C7H8N4O3S2. The molecule has 1 N–H and O–H groups in total. The maximum Gasteiger partial charge on any atom is 0.232 e. The van der Waals surface area contributed by atoms with Gasteiger partial charge in [0.1, 0.15) is 9.90 Å². The molecule has 2 heterocycles. The van der Waals surface area contributed by atoms with Gasteiger partial charge in [-0.1, -0.05) is 11.3 Å². The summed E-state index contributed by atoms with van der Waals surface area (Å²) in [5.41, 5.74) is 0. The normalized spacial score (nSPS) is 11.9. The van der Waals surface area contributed by atoms with E-state index in [4.69, 9.17) is 5.11 Å². The molecule has 0 aliphatic carbocycles. The van der Waals surface area contributed by atoms with Crippen LogP contribution in [0.2, 0.25) is 0 Å². The maximum atomic E-state index is 11.2. The first kappa shape index (κ1) is 11.2. The minimum atomic E-state index is -3.27. The summed E-state index contributed by atoms with van der Waals surface area (Å²) in [5.74, 6) is 0. The zero-order valence-electron chi connectivity index (χ0n) is 8.23. The highest BCUT2D eigenvalue weighted by Crippen LogP contribution is 2.16. The molecule has 0 saturated carbocycles. The predicted octanol–water partition coefficient (Wildman–Crippen LogP) is -0.380. The largest absolute Gasteiger partial charge is 0.389 e. The molecule has 2 aromatic rings. The van der Waals surface area contributed by atoms with Crippen LogP contribution in [-0.4, -0.2) is 39.8 Å². The molecule has 7 nitrogen and oxygen atoms in total. The second kappa shape index (κ2) is 3.92. The van der Waals surface area contributed by atoms with Crippen molar-refractivity contribution in [3.05, 3.63) is 17.4 Å². The molecule has 0 bridgehead atoms. The van der Waals surface area contributed by atoms with Crippen LogP contribution in [0.25, 0.3) is 5.13 Å². The summed E-state index contributed by atoms with van der Waals surface area (Å²) in [6.07, 6.45) is 3.71. The Balaban J connectivity index is 2.39. The van der Waals surface area contributed by atoms with Gasteiger partial charge in [0.05, 0.1) is 19.0 Å². The van der Waals surface area contributed by atoms with Crippen LogP contribution in [0.4, 0.5) is 0 Å². The standard InChI is InChI=1S/C7H8N4O3S2/c1-16(13,14)5-2-8-11(3-5)7-10-9-6(4-12)15-7/h2-3,12H,4H2,1H3. The zero-order chi connectivity index (χ0) is 11.8. The second-order valence-corrected chi connectivity index (χ2v) is 6.09. The number of rotatable bonds is 3. The van der Waals surface area contributed by atoms with E-state index in [-0.39, 0.29) is 11.5 Å². The minimum absolute atomic E-state index is 0.119. The summed E-state index contributed by atoms with van der Waals surface area (Å²) in [5, 5.41) is 21.0. The lowest BCUT2D eigenvalue weighted by Crippen LogP contribution is -1.95. The van der Waals surface area contributed by atoms with Gasteiger partial charge in [0.2, 0.25) is 5.13 Å². The molecule has 0 aliphatic heterocycles. The smallest absolute Gasteiger partial charge is 0.232 e. The van der Waals surface area contributed by atoms with Crippen LogP contribution in [0.1, 0.15) is 5.01 Å². The van der Waals surface area contributed by atoms with E-state index in [0.29, 0.717) is 10.1 Å². The number of nitrogens with zero attached hydrogens (tertiary/aromatic N) is 4. The summed E-state index contributed by atoms with van der Waals surface area (Å²) in [4.78, 5) is 0.119. The van der Waals surface area contributed by atoms with Crippen molar-refractivity contribution in [2.45, 2.75) is 11.5 Å². The van der Waals surface area contributed by atoms with Crippen molar-refractivity contribution in [2.24, 2.45) is 0 Å². The lowest BCUT2D eigenvalue weighted by Gasteiger charge is -1.91. The fraction of sp³-hybridized carbons (Fsp3) is 0.286. The fourth-order valence-electron chi connectivity index (χ4n) is 1.00. The van der Waals surface area contributed by atoms with E-state index in [1.54, 1.807) is 0 Å². The van der Waals surface area contributed by atoms with Crippen molar-refractivity contribution in [1.82, 2.24) is 20.0 Å². The van der Waals surface area contributed by atoms with E-state index in [9.17, 15) is 8.42 Å². The average molecular weight is 260 g/mol. The van der Waals surface area contributed by atoms with Crippen LogP contribution in [0.3, 0.4) is 0 Å². The number of aliphatic hydroxyl groups is 1. The molecule has 0 radical (unpaired) electrons. The van der Waals surface area contributed by atoms with E-state index in [1.807, 2.05) is 0 Å². The molecule has 0 saturated heterocycles. The molecule has 0 spiro atoms. The molecule has 16 heavy (non-hydrogen) atoms. The van der Waals surface area contributed by atoms with Crippen LogP contribution in [0.5, 0.6) is 0 Å². The van der Waals surface area contributed by atoms with Crippen molar-refractivity contribution in [1.29, 1.82) is 0 Å². The van der Waals surface area contributed by atoms with Gasteiger partial charge in [-0.2, -0.15) is 5.10 Å². The summed E-state index contributed by atoms with van der Waals surface area (Å²) < 4.78 is 23.7. The third-order valence-electron chi connectivity index (χ3n) is 1.77. The molecule has 0 fully saturated rings. The van der Waals surface area contributed by atoms with E-state index in [0.717, 1.165) is 17.6 Å². The molecule has 86 valence electrons. The van der Waals surface area contributed by atoms with Crippen molar-refractivity contribution in [3.8, 4) is 5.13 Å². The third-order valence-corrected chi connectivity index (χ3v) is 3.74. The molecule has 2 aromatic heterocycles. The Morgan fingerprint density at radius 3 is 2.75 bits per heavy atom. The predicted molar refractivity (Wildman–Crippen MR) is 56.1 cm³/mol.